The van der Waals surface area contributed by atoms with Gasteiger partial charge >= 0.3 is 0 Å². The van der Waals surface area contributed by atoms with Gasteiger partial charge in [0.15, 0.2) is 0 Å². The number of amides is 2. The van der Waals surface area contributed by atoms with Crippen LogP contribution in [0, 0.1) is 0 Å². The summed E-state index contributed by atoms with van der Waals surface area (Å²) in [6, 6.07) is 0. The Kier molecular flexibility index (Phi) is 7.12. The molecule has 0 rings (SSSR count). The first-order valence-corrected chi connectivity index (χ1v) is 3.96. The van der Waals surface area contributed by atoms with Gasteiger partial charge in [-0.3, -0.25) is 9.59 Å². The zero-order chi connectivity index (χ0) is 11.1. The smallest absolute Gasteiger partial charge is 0.234 e. The van der Waals surface area contributed by atoms with Gasteiger partial charge in [-0.05, 0) is 20.8 Å². The molecule has 0 fully saturated rings. The van der Waals surface area contributed by atoms with Crippen molar-refractivity contribution in [3.63, 3.8) is 0 Å². The molecular formula is C8H19N3O2. The van der Waals surface area contributed by atoms with Gasteiger partial charge in [0.05, 0.1) is 6.54 Å². The van der Waals surface area contributed by atoms with Crippen LogP contribution in [0.5, 0.6) is 0 Å². The van der Waals surface area contributed by atoms with E-state index in [0.717, 1.165) is 0 Å². The first-order valence-electron chi connectivity index (χ1n) is 3.96. The molecule has 0 atom stereocenters. The molecule has 0 heterocycles. The molecule has 0 unspecified atom stereocenters. The summed E-state index contributed by atoms with van der Waals surface area (Å²) in [7, 11) is 0. The molecule has 0 saturated carbocycles. The second kappa shape index (κ2) is 6.42. The van der Waals surface area contributed by atoms with E-state index >= 15 is 0 Å². The predicted molar refractivity (Wildman–Crippen MR) is 51.8 cm³/mol. The zero-order valence-corrected chi connectivity index (χ0v) is 8.68. The Labute approximate surface area is 78.9 Å². The summed E-state index contributed by atoms with van der Waals surface area (Å²) in [5.41, 5.74) is 9.38. The molecule has 0 spiro atoms. The number of carbonyl (C=O) groups excluding carboxylic acids is 2. The van der Waals surface area contributed by atoms with Crippen molar-refractivity contribution < 1.29 is 9.59 Å². The van der Waals surface area contributed by atoms with E-state index in [1.807, 2.05) is 20.8 Å². The van der Waals surface area contributed by atoms with Crippen LogP contribution in [0.3, 0.4) is 0 Å². The standard InChI is InChI=1S/C6H14N2O.C2H5NO/c1-6(2,3)8-5(9)4-7;1-2(3)4/h4,7H2,1-3H3,(H,8,9);1H3,(H2,3,4). The van der Waals surface area contributed by atoms with E-state index in [-0.39, 0.29) is 23.9 Å². The molecule has 0 aromatic carbocycles. The van der Waals surface area contributed by atoms with Crippen molar-refractivity contribution in [2.75, 3.05) is 6.54 Å². The van der Waals surface area contributed by atoms with E-state index in [1.165, 1.54) is 6.92 Å². The normalized spacial score (nSPS) is 9.62. The summed E-state index contributed by atoms with van der Waals surface area (Å²) in [6.45, 7) is 7.12. The highest BCUT2D eigenvalue weighted by molar-refractivity contribution is 5.78. The highest BCUT2D eigenvalue weighted by atomic mass is 16.2. The van der Waals surface area contributed by atoms with Crippen LogP contribution < -0.4 is 16.8 Å². The molecule has 0 aliphatic rings. The first kappa shape index (κ1) is 14.4. The van der Waals surface area contributed by atoms with E-state index in [2.05, 4.69) is 11.1 Å². The van der Waals surface area contributed by atoms with Crippen molar-refractivity contribution in [2.45, 2.75) is 33.2 Å². The third kappa shape index (κ3) is 24.8. The molecule has 5 nitrogen and oxygen atoms in total. The van der Waals surface area contributed by atoms with Gasteiger partial charge < -0.3 is 16.8 Å². The quantitative estimate of drug-likeness (QED) is 0.511. The Hall–Kier alpha value is -1.10. The van der Waals surface area contributed by atoms with Gasteiger partial charge in [0.25, 0.3) is 0 Å². The summed E-state index contributed by atoms with van der Waals surface area (Å²) in [6.07, 6.45) is 0. The lowest BCUT2D eigenvalue weighted by Crippen LogP contribution is -2.43. The van der Waals surface area contributed by atoms with Crippen molar-refractivity contribution in [3.8, 4) is 0 Å². The maximum Gasteiger partial charge on any atom is 0.234 e. The third-order valence-corrected chi connectivity index (χ3v) is 0.700. The van der Waals surface area contributed by atoms with Crippen LogP contribution in [0.25, 0.3) is 0 Å². The summed E-state index contributed by atoms with van der Waals surface area (Å²) in [5.74, 6) is -0.442. The predicted octanol–water partition coefficient (Wildman–Crippen LogP) is -0.649. The molecule has 78 valence electrons. The fourth-order valence-corrected chi connectivity index (χ4v) is 0.469. The molecule has 0 aliphatic heterocycles. The Morgan fingerprint density at radius 3 is 1.69 bits per heavy atom. The average molecular weight is 189 g/mol. The molecule has 0 aromatic heterocycles. The SMILES string of the molecule is CC(C)(C)NC(=O)CN.CC(N)=O. The van der Waals surface area contributed by atoms with Crippen LogP contribution in [0.1, 0.15) is 27.7 Å². The highest BCUT2D eigenvalue weighted by Gasteiger charge is 2.11. The topological polar surface area (TPSA) is 98.2 Å². The molecule has 5 heteroatoms. The van der Waals surface area contributed by atoms with E-state index in [9.17, 15) is 9.59 Å². The number of primary amides is 1. The van der Waals surface area contributed by atoms with E-state index in [4.69, 9.17) is 5.73 Å². The molecule has 0 radical (unpaired) electrons. The van der Waals surface area contributed by atoms with Gasteiger partial charge in [-0.15, -0.1) is 0 Å². The Morgan fingerprint density at radius 2 is 1.62 bits per heavy atom. The Morgan fingerprint density at radius 1 is 1.31 bits per heavy atom. The third-order valence-electron chi connectivity index (χ3n) is 0.700. The first-order chi connectivity index (χ1) is 5.69. The summed E-state index contributed by atoms with van der Waals surface area (Å²) in [5, 5.41) is 2.70. The number of nitrogens with two attached hydrogens (primary N) is 2. The number of hydrogen-bond acceptors (Lipinski definition) is 3. The fourth-order valence-electron chi connectivity index (χ4n) is 0.469. The molecule has 5 N–H and O–H groups in total. The lowest BCUT2D eigenvalue weighted by molar-refractivity contribution is -0.121. The van der Waals surface area contributed by atoms with Gasteiger partial charge in [0.1, 0.15) is 0 Å². The van der Waals surface area contributed by atoms with Crippen molar-refractivity contribution in [2.24, 2.45) is 11.5 Å². The van der Waals surface area contributed by atoms with Gasteiger partial charge in [-0.25, -0.2) is 0 Å². The van der Waals surface area contributed by atoms with Crippen LogP contribution in [-0.4, -0.2) is 23.9 Å². The van der Waals surface area contributed by atoms with Crippen LogP contribution in [0.4, 0.5) is 0 Å². The van der Waals surface area contributed by atoms with Crippen molar-refractivity contribution in [1.82, 2.24) is 5.32 Å². The Balaban J connectivity index is 0. The highest BCUT2D eigenvalue weighted by Crippen LogP contribution is 1.96. The molecule has 0 aliphatic carbocycles. The summed E-state index contributed by atoms with van der Waals surface area (Å²) >= 11 is 0. The van der Waals surface area contributed by atoms with Crippen LogP contribution >= 0.6 is 0 Å². The molecular weight excluding hydrogens is 170 g/mol. The van der Waals surface area contributed by atoms with E-state index in [0.29, 0.717) is 0 Å². The lowest BCUT2D eigenvalue weighted by Gasteiger charge is -2.19. The van der Waals surface area contributed by atoms with E-state index < -0.39 is 0 Å². The number of nitrogens with one attached hydrogen (secondary N) is 1. The minimum Gasteiger partial charge on any atom is -0.370 e. The summed E-state index contributed by atoms with van der Waals surface area (Å²) in [4.78, 5) is 19.8. The lowest BCUT2D eigenvalue weighted by atomic mass is 10.1. The van der Waals surface area contributed by atoms with Crippen LogP contribution in [0.2, 0.25) is 0 Å². The fraction of sp³-hybridized carbons (Fsp3) is 0.750. The molecule has 0 aromatic rings. The van der Waals surface area contributed by atoms with Gasteiger partial charge in [0, 0.05) is 12.5 Å². The number of hydrogen-bond donors (Lipinski definition) is 3. The number of carbonyl (C=O) groups is 2. The largest absolute Gasteiger partial charge is 0.370 e. The maximum absolute atomic E-state index is 10.6. The molecule has 2 amide bonds. The zero-order valence-electron chi connectivity index (χ0n) is 8.68. The molecule has 0 saturated heterocycles. The maximum atomic E-state index is 10.6. The van der Waals surface area contributed by atoms with Crippen LogP contribution in [0.15, 0.2) is 0 Å². The molecule has 13 heavy (non-hydrogen) atoms. The average Bonchev–Trinajstić information content (AvgIpc) is 1.82. The van der Waals surface area contributed by atoms with Crippen LogP contribution in [-0.2, 0) is 9.59 Å². The monoisotopic (exact) mass is 189 g/mol. The van der Waals surface area contributed by atoms with Crippen molar-refractivity contribution in [3.05, 3.63) is 0 Å². The van der Waals surface area contributed by atoms with Gasteiger partial charge in [-0.2, -0.15) is 0 Å². The van der Waals surface area contributed by atoms with Crippen molar-refractivity contribution >= 4 is 11.8 Å². The summed E-state index contributed by atoms with van der Waals surface area (Å²) < 4.78 is 0. The minimum absolute atomic E-state index is 0.0667. The van der Waals surface area contributed by atoms with E-state index in [1.54, 1.807) is 0 Å². The Bertz CT molecular complexity index is 169. The second-order valence-electron chi connectivity index (χ2n) is 3.61. The van der Waals surface area contributed by atoms with Gasteiger partial charge in [-0.1, -0.05) is 0 Å². The minimum atomic E-state index is -0.333. The second-order valence-corrected chi connectivity index (χ2v) is 3.61. The number of rotatable bonds is 1. The molecule has 0 bridgehead atoms. The van der Waals surface area contributed by atoms with Gasteiger partial charge in [0.2, 0.25) is 11.8 Å². The van der Waals surface area contributed by atoms with Crippen molar-refractivity contribution in [1.29, 1.82) is 0 Å².